The maximum atomic E-state index is 12.2. The maximum Gasteiger partial charge on any atom is 0.336 e. The van der Waals surface area contributed by atoms with Crippen LogP contribution in [-0.4, -0.2) is 18.5 Å². The van der Waals surface area contributed by atoms with E-state index >= 15 is 0 Å². The van der Waals surface area contributed by atoms with E-state index in [2.05, 4.69) is 5.32 Å². The van der Waals surface area contributed by atoms with Crippen molar-refractivity contribution in [1.82, 2.24) is 5.32 Å². The second kappa shape index (κ2) is 6.50. The molecule has 1 atom stereocenters. The number of carbonyl (C=O) groups excluding carboxylic acids is 2. The van der Waals surface area contributed by atoms with Gasteiger partial charge in [-0.15, -0.1) is 0 Å². The van der Waals surface area contributed by atoms with Gasteiger partial charge in [0, 0.05) is 28.1 Å². The van der Waals surface area contributed by atoms with Crippen molar-refractivity contribution in [3.05, 3.63) is 45.1 Å². The summed E-state index contributed by atoms with van der Waals surface area (Å²) in [5.74, 6) is -1.02. The van der Waals surface area contributed by atoms with Crippen LogP contribution in [-0.2, 0) is 14.3 Å². The van der Waals surface area contributed by atoms with Crippen molar-refractivity contribution in [2.75, 3.05) is 6.61 Å². The Balaban J connectivity index is 2.49. The molecule has 0 aromatic heterocycles. The molecule has 0 radical (unpaired) electrons. The number of ether oxygens (including phenoxy) is 1. The van der Waals surface area contributed by atoms with E-state index in [0.717, 1.165) is 0 Å². The van der Waals surface area contributed by atoms with E-state index in [1.807, 2.05) is 0 Å². The number of nitrogens with one attached hydrogen (secondary N) is 1. The SMILES string of the molecule is CCOC(=O)C1=C(C)NC(=O)C[C@@H]1c1ccc(Cl)cc1Cl. The van der Waals surface area contributed by atoms with Gasteiger partial charge in [-0.3, -0.25) is 4.79 Å². The van der Waals surface area contributed by atoms with Gasteiger partial charge in [0.2, 0.25) is 5.91 Å². The van der Waals surface area contributed by atoms with Crippen LogP contribution >= 0.6 is 23.2 Å². The van der Waals surface area contributed by atoms with Crippen molar-refractivity contribution in [2.45, 2.75) is 26.2 Å². The Morgan fingerprint density at radius 2 is 2.14 bits per heavy atom. The van der Waals surface area contributed by atoms with E-state index in [-0.39, 0.29) is 18.9 Å². The number of benzene rings is 1. The van der Waals surface area contributed by atoms with E-state index in [4.69, 9.17) is 27.9 Å². The zero-order valence-corrected chi connectivity index (χ0v) is 13.2. The lowest BCUT2D eigenvalue weighted by Gasteiger charge is -2.27. The fourth-order valence-electron chi connectivity index (χ4n) is 2.43. The summed E-state index contributed by atoms with van der Waals surface area (Å²) in [7, 11) is 0. The molecule has 6 heteroatoms. The molecule has 21 heavy (non-hydrogen) atoms. The Morgan fingerprint density at radius 3 is 2.76 bits per heavy atom. The highest BCUT2D eigenvalue weighted by Gasteiger charge is 2.33. The first-order valence-corrected chi connectivity index (χ1v) is 7.32. The molecular formula is C15H15Cl2NO3. The van der Waals surface area contributed by atoms with Crippen molar-refractivity contribution < 1.29 is 14.3 Å². The number of halogens is 2. The third-order valence-electron chi connectivity index (χ3n) is 3.30. The van der Waals surface area contributed by atoms with Crippen LogP contribution < -0.4 is 5.32 Å². The summed E-state index contributed by atoms with van der Waals surface area (Å²) in [4.78, 5) is 24.0. The summed E-state index contributed by atoms with van der Waals surface area (Å²) in [5.41, 5.74) is 1.62. The van der Waals surface area contributed by atoms with Gasteiger partial charge in [-0.25, -0.2) is 4.79 Å². The fraction of sp³-hybridized carbons (Fsp3) is 0.333. The van der Waals surface area contributed by atoms with Crippen LogP contribution in [0.2, 0.25) is 10.0 Å². The lowest BCUT2D eigenvalue weighted by Crippen LogP contribution is -2.34. The second-order valence-corrected chi connectivity index (χ2v) is 5.57. The molecule has 0 spiro atoms. The molecule has 112 valence electrons. The molecule has 0 saturated carbocycles. The highest BCUT2D eigenvalue weighted by atomic mass is 35.5. The molecule has 0 unspecified atom stereocenters. The molecule has 4 nitrogen and oxygen atoms in total. The average molecular weight is 328 g/mol. The summed E-state index contributed by atoms with van der Waals surface area (Å²) >= 11 is 12.1. The molecule has 1 aliphatic rings. The highest BCUT2D eigenvalue weighted by Crippen LogP contribution is 2.37. The number of rotatable bonds is 3. The minimum atomic E-state index is -0.439. The lowest BCUT2D eigenvalue weighted by atomic mass is 9.84. The Kier molecular flexibility index (Phi) is 4.91. The van der Waals surface area contributed by atoms with Crippen molar-refractivity contribution in [2.24, 2.45) is 0 Å². The predicted molar refractivity (Wildman–Crippen MR) is 81.3 cm³/mol. The highest BCUT2D eigenvalue weighted by molar-refractivity contribution is 6.35. The average Bonchev–Trinajstić information content (AvgIpc) is 2.37. The van der Waals surface area contributed by atoms with Crippen molar-refractivity contribution in [3.63, 3.8) is 0 Å². The Labute approximate surface area is 133 Å². The summed E-state index contributed by atoms with van der Waals surface area (Å²) in [6.45, 7) is 3.68. The van der Waals surface area contributed by atoms with E-state index in [9.17, 15) is 9.59 Å². The molecule has 0 aliphatic carbocycles. The van der Waals surface area contributed by atoms with Crippen LogP contribution in [0.4, 0.5) is 0 Å². The third kappa shape index (κ3) is 3.39. The van der Waals surface area contributed by atoms with Gasteiger partial charge in [-0.05, 0) is 31.5 Å². The maximum absolute atomic E-state index is 12.2. The Morgan fingerprint density at radius 1 is 1.43 bits per heavy atom. The molecule has 1 N–H and O–H groups in total. The number of amides is 1. The molecule has 1 aliphatic heterocycles. The van der Waals surface area contributed by atoms with Crippen molar-refractivity contribution in [3.8, 4) is 0 Å². The zero-order chi connectivity index (χ0) is 15.6. The van der Waals surface area contributed by atoms with Gasteiger partial charge in [-0.2, -0.15) is 0 Å². The van der Waals surface area contributed by atoms with Gasteiger partial charge in [-0.1, -0.05) is 29.3 Å². The van der Waals surface area contributed by atoms with Gasteiger partial charge >= 0.3 is 5.97 Å². The first-order valence-electron chi connectivity index (χ1n) is 6.56. The van der Waals surface area contributed by atoms with E-state index < -0.39 is 11.9 Å². The molecule has 0 saturated heterocycles. The minimum Gasteiger partial charge on any atom is -0.463 e. The van der Waals surface area contributed by atoms with E-state index in [1.54, 1.807) is 32.0 Å². The van der Waals surface area contributed by atoms with Crippen LogP contribution in [0.25, 0.3) is 0 Å². The van der Waals surface area contributed by atoms with Crippen LogP contribution in [0, 0.1) is 0 Å². The molecule has 0 fully saturated rings. The first-order chi connectivity index (χ1) is 9.93. The largest absolute Gasteiger partial charge is 0.463 e. The summed E-state index contributed by atoms with van der Waals surface area (Å²) in [5, 5.41) is 3.60. The lowest BCUT2D eigenvalue weighted by molar-refractivity contribution is -0.139. The third-order valence-corrected chi connectivity index (χ3v) is 3.86. The van der Waals surface area contributed by atoms with Crippen LogP contribution in [0.5, 0.6) is 0 Å². The topological polar surface area (TPSA) is 55.4 Å². The summed E-state index contributed by atoms with van der Waals surface area (Å²) < 4.78 is 5.09. The minimum absolute atomic E-state index is 0.146. The first kappa shape index (κ1) is 15.9. The smallest absolute Gasteiger partial charge is 0.336 e. The Bertz CT molecular complexity index is 625. The van der Waals surface area contributed by atoms with Crippen LogP contribution in [0.1, 0.15) is 31.7 Å². The van der Waals surface area contributed by atoms with Crippen LogP contribution in [0.15, 0.2) is 29.5 Å². The molecule has 1 amide bonds. The number of allylic oxidation sites excluding steroid dienone is 1. The predicted octanol–water partition coefficient (Wildman–Crippen LogP) is 3.43. The second-order valence-electron chi connectivity index (χ2n) is 4.73. The molecule has 1 heterocycles. The normalized spacial score (nSPS) is 18.5. The van der Waals surface area contributed by atoms with Gasteiger partial charge < -0.3 is 10.1 Å². The number of esters is 1. The number of hydrogen-bond acceptors (Lipinski definition) is 3. The number of carbonyl (C=O) groups is 2. The van der Waals surface area contributed by atoms with Crippen molar-refractivity contribution >= 4 is 35.1 Å². The fourth-order valence-corrected chi connectivity index (χ4v) is 2.97. The molecule has 2 rings (SSSR count). The summed E-state index contributed by atoms with van der Waals surface area (Å²) in [6, 6.07) is 5.02. The standard InChI is InChI=1S/C15H15Cl2NO3/c1-3-21-15(20)14-8(2)18-13(19)7-11(14)10-5-4-9(16)6-12(10)17/h4-6,11H,3,7H2,1-2H3,(H,18,19)/t11-/m1/s1. The van der Waals surface area contributed by atoms with Gasteiger partial charge in [0.05, 0.1) is 12.2 Å². The van der Waals surface area contributed by atoms with E-state index in [0.29, 0.717) is 26.9 Å². The molecule has 0 bridgehead atoms. The Hall–Kier alpha value is -1.52. The van der Waals surface area contributed by atoms with Gasteiger partial charge in [0.15, 0.2) is 0 Å². The monoisotopic (exact) mass is 327 g/mol. The van der Waals surface area contributed by atoms with Crippen molar-refractivity contribution in [1.29, 1.82) is 0 Å². The summed E-state index contributed by atoms with van der Waals surface area (Å²) in [6.07, 6.45) is 0.146. The quantitative estimate of drug-likeness (QED) is 0.865. The molecule has 1 aromatic carbocycles. The van der Waals surface area contributed by atoms with Crippen LogP contribution in [0.3, 0.4) is 0 Å². The van der Waals surface area contributed by atoms with Gasteiger partial charge in [0.1, 0.15) is 0 Å². The zero-order valence-electron chi connectivity index (χ0n) is 11.7. The van der Waals surface area contributed by atoms with Gasteiger partial charge in [0.25, 0.3) is 0 Å². The molecular weight excluding hydrogens is 313 g/mol. The molecule has 1 aromatic rings. The van der Waals surface area contributed by atoms with E-state index in [1.165, 1.54) is 0 Å². The number of hydrogen-bond donors (Lipinski definition) is 1.